The van der Waals surface area contributed by atoms with E-state index in [-0.39, 0.29) is 16.3 Å². The maximum Gasteiger partial charge on any atom is 0.339 e. The Labute approximate surface area is 128 Å². The summed E-state index contributed by atoms with van der Waals surface area (Å²) in [6.45, 7) is 5.07. The molecular weight excluding hydrogens is 306 g/mol. The summed E-state index contributed by atoms with van der Waals surface area (Å²) in [6.07, 6.45) is 0. The quantitative estimate of drug-likeness (QED) is 0.490. The first kappa shape index (κ1) is 16.0. The number of hydrogen-bond acceptors (Lipinski definition) is 5. The van der Waals surface area contributed by atoms with Crippen LogP contribution in [0.4, 0.5) is 5.69 Å². The number of aryl methyl sites for hydroxylation is 3. The second kappa shape index (κ2) is 5.76. The maximum absolute atomic E-state index is 12.4. The fourth-order valence-corrected chi connectivity index (χ4v) is 3.24. The van der Waals surface area contributed by atoms with Gasteiger partial charge in [-0.2, -0.15) is 8.42 Å². The number of hydrogen-bond donors (Lipinski definition) is 0. The lowest BCUT2D eigenvalue weighted by molar-refractivity contribution is -0.385. The summed E-state index contributed by atoms with van der Waals surface area (Å²) in [5.41, 5.74) is 1.53. The maximum atomic E-state index is 12.4. The number of nitrogens with zero attached hydrogens (tertiary/aromatic N) is 1. The lowest BCUT2D eigenvalue weighted by Crippen LogP contribution is -2.12. The molecule has 22 heavy (non-hydrogen) atoms. The van der Waals surface area contributed by atoms with Gasteiger partial charge >= 0.3 is 15.8 Å². The fourth-order valence-electron chi connectivity index (χ4n) is 1.98. The van der Waals surface area contributed by atoms with E-state index in [0.717, 1.165) is 5.56 Å². The van der Waals surface area contributed by atoms with Crippen LogP contribution in [0, 0.1) is 30.9 Å². The Morgan fingerprint density at radius 2 is 1.59 bits per heavy atom. The van der Waals surface area contributed by atoms with Crippen molar-refractivity contribution in [2.75, 3.05) is 0 Å². The highest BCUT2D eigenvalue weighted by molar-refractivity contribution is 7.87. The molecule has 0 saturated carbocycles. The van der Waals surface area contributed by atoms with Crippen LogP contribution in [0.15, 0.2) is 41.3 Å². The number of nitro benzene ring substituents is 1. The standard InChI is InChI=1S/C15H15NO5S/c1-10-5-7-14(13(8-10)16(17)18)21-22(19,20)15-9-11(2)4-6-12(15)3/h4-9H,1-3H3. The van der Waals surface area contributed by atoms with Crippen molar-refractivity contribution in [2.45, 2.75) is 25.7 Å². The summed E-state index contributed by atoms with van der Waals surface area (Å²) in [7, 11) is -4.14. The van der Waals surface area contributed by atoms with E-state index in [2.05, 4.69) is 0 Å². The van der Waals surface area contributed by atoms with Crippen LogP contribution >= 0.6 is 0 Å². The van der Waals surface area contributed by atoms with Crippen molar-refractivity contribution in [2.24, 2.45) is 0 Å². The summed E-state index contributed by atoms with van der Waals surface area (Å²) >= 11 is 0. The Kier molecular flexibility index (Phi) is 4.18. The molecule has 0 heterocycles. The molecule has 0 saturated heterocycles. The third-order valence-corrected chi connectivity index (χ3v) is 4.50. The highest BCUT2D eigenvalue weighted by Gasteiger charge is 2.24. The Morgan fingerprint density at radius 1 is 1.00 bits per heavy atom. The van der Waals surface area contributed by atoms with Gasteiger partial charge in [-0.3, -0.25) is 10.1 Å². The Balaban J connectivity index is 2.50. The molecule has 0 aliphatic heterocycles. The first-order chi connectivity index (χ1) is 10.2. The molecule has 0 radical (unpaired) electrons. The first-order valence-corrected chi connectivity index (χ1v) is 7.88. The van der Waals surface area contributed by atoms with E-state index in [1.54, 1.807) is 39.0 Å². The minimum atomic E-state index is -4.14. The molecule has 0 amide bonds. The normalized spacial score (nSPS) is 11.2. The van der Waals surface area contributed by atoms with Crippen LogP contribution in [0.5, 0.6) is 5.75 Å². The molecule has 116 valence electrons. The van der Waals surface area contributed by atoms with Gasteiger partial charge in [-0.15, -0.1) is 0 Å². The van der Waals surface area contributed by atoms with Gasteiger partial charge in [0.25, 0.3) is 0 Å². The zero-order chi connectivity index (χ0) is 16.5. The van der Waals surface area contributed by atoms with Crippen molar-refractivity contribution in [3.63, 3.8) is 0 Å². The van der Waals surface area contributed by atoms with Gasteiger partial charge in [0.05, 0.1) is 4.92 Å². The molecule has 0 N–H and O–H groups in total. The molecule has 0 unspecified atom stereocenters. The van der Waals surface area contributed by atoms with Gasteiger partial charge in [-0.25, -0.2) is 0 Å². The minimum absolute atomic E-state index is 0.00220. The summed E-state index contributed by atoms with van der Waals surface area (Å²) in [5, 5.41) is 11.0. The third-order valence-electron chi connectivity index (χ3n) is 3.12. The monoisotopic (exact) mass is 321 g/mol. The molecule has 0 bridgehead atoms. The molecule has 6 nitrogen and oxygen atoms in total. The van der Waals surface area contributed by atoms with Crippen LogP contribution in [0.2, 0.25) is 0 Å². The van der Waals surface area contributed by atoms with Crippen molar-refractivity contribution in [1.29, 1.82) is 0 Å². The van der Waals surface area contributed by atoms with Crippen molar-refractivity contribution in [3.8, 4) is 5.75 Å². The zero-order valence-corrected chi connectivity index (χ0v) is 13.2. The molecule has 0 atom stereocenters. The van der Waals surface area contributed by atoms with Gasteiger partial charge in [0.2, 0.25) is 5.75 Å². The van der Waals surface area contributed by atoms with Gasteiger partial charge in [-0.05, 0) is 49.6 Å². The smallest absolute Gasteiger partial charge is 0.339 e. The highest BCUT2D eigenvalue weighted by Crippen LogP contribution is 2.31. The summed E-state index contributed by atoms with van der Waals surface area (Å²) in [4.78, 5) is 10.4. The average molecular weight is 321 g/mol. The molecule has 0 fully saturated rings. The second-order valence-corrected chi connectivity index (χ2v) is 6.55. The molecule has 7 heteroatoms. The molecule has 0 aliphatic carbocycles. The summed E-state index contributed by atoms with van der Waals surface area (Å²) in [6, 6.07) is 9.04. The second-order valence-electron chi connectivity index (χ2n) is 5.03. The lowest BCUT2D eigenvalue weighted by atomic mass is 10.2. The largest absolute Gasteiger partial charge is 0.372 e. The SMILES string of the molecule is Cc1ccc(OS(=O)(=O)c2cc(C)ccc2C)c([N+](=O)[O-])c1. The van der Waals surface area contributed by atoms with Crippen LogP contribution in [0.25, 0.3) is 0 Å². The van der Waals surface area contributed by atoms with E-state index in [9.17, 15) is 18.5 Å². The Morgan fingerprint density at radius 3 is 2.23 bits per heavy atom. The topological polar surface area (TPSA) is 86.5 Å². The molecule has 0 aliphatic rings. The predicted molar refractivity (Wildman–Crippen MR) is 81.6 cm³/mol. The summed E-state index contributed by atoms with van der Waals surface area (Å²) < 4.78 is 29.8. The van der Waals surface area contributed by atoms with Crippen molar-refractivity contribution in [3.05, 3.63) is 63.2 Å². The third kappa shape index (κ3) is 3.25. The van der Waals surface area contributed by atoms with Crippen LogP contribution in [0.1, 0.15) is 16.7 Å². The minimum Gasteiger partial charge on any atom is -0.372 e. The fraction of sp³-hybridized carbons (Fsp3) is 0.200. The van der Waals surface area contributed by atoms with Gasteiger partial charge in [-0.1, -0.05) is 18.2 Å². The van der Waals surface area contributed by atoms with E-state index in [1.807, 2.05) is 0 Å². The molecule has 2 rings (SSSR count). The molecule has 0 spiro atoms. The first-order valence-electron chi connectivity index (χ1n) is 6.47. The molecule has 0 aromatic heterocycles. The van der Waals surface area contributed by atoms with E-state index in [4.69, 9.17) is 4.18 Å². The van der Waals surface area contributed by atoms with E-state index < -0.39 is 15.0 Å². The number of nitro groups is 1. The Bertz CT molecular complexity index is 843. The van der Waals surface area contributed by atoms with Gasteiger partial charge in [0.1, 0.15) is 4.90 Å². The number of benzene rings is 2. The van der Waals surface area contributed by atoms with E-state index in [0.29, 0.717) is 11.1 Å². The van der Waals surface area contributed by atoms with Gasteiger partial charge in [0.15, 0.2) is 0 Å². The van der Waals surface area contributed by atoms with Gasteiger partial charge in [0, 0.05) is 6.07 Å². The zero-order valence-electron chi connectivity index (χ0n) is 12.4. The van der Waals surface area contributed by atoms with E-state index >= 15 is 0 Å². The molecule has 2 aromatic rings. The van der Waals surface area contributed by atoms with Gasteiger partial charge < -0.3 is 4.18 Å². The van der Waals surface area contributed by atoms with Crippen molar-refractivity contribution in [1.82, 2.24) is 0 Å². The molecule has 2 aromatic carbocycles. The van der Waals surface area contributed by atoms with Crippen LogP contribution in [-0.4, -0.2) is 13.3 Å². The Hall–Kier alpha value is -2.41. The average Bonchev–Trinajstić information content (AvgIpc) is 2.43. The highest BCUT2D eigenvalue weighted by atomic mass is 32.2. The molecular formula is C15H15NO5S. The predicted octanol–water partition coefficient (Wildman–Crippen LogP) is 3.29. The van der Waals surface area contributed by atoms with Crippen LogP contribution in [0.3, 0.4) is 0 Å². The summed E-state index contributed by atoms with van der Waals surface area (Å²) in [5.74, 6) is -0.295. The lowest BCUT2D eigenvalue weighted by Gasteiger charge is -2.10. The van der Waals surface area contributed by atoms with Crippen molar-refractivity contribution >= 4 is 15.8 Å². The number of rotatable bonds is 4. The van der Waals surface area contributed by atoms with E-state index in [1.165, 1.54) is 18.2 Å². The van der Waals surface area contributed by atoms with Crippen LogP contribution < -0.4 is 4.18 Å². The van der Waals surface area contributed by atoms with Crippen molar-refractivity contribution < 1.29 is 17.5 Å². The van der Waals surface area contributed by atoms with Crippen LogP contribution in [-0.2, 0) is 10.1 Å².